The van der Waals surface area contributed by atoms with Gasteiger partial charge in [0.2, 0.25) is 0 Å². The lowest BCUT2D eigenvalue weighted by Gasteiger charge is -1.72. The minimum absolute atomic E-state index is 0.685. The van der Waals surface area contributed by atoms with Crippen molar-refractivity contribution in [1.29, 1.82) is 0 Å². The lowest BCUT2D eigenvalue weighted by atomic mass is 10.5. The van der Waals surface area contributed by atoms with Crippen LogP contribution in [0.15, 0.2) is 15.5 Å². The van der Waals surface area contributed by atoms with Gasteiger partial charge in [0.25, 0.3) is 0 Å². The summed E-state index contributed by atoms with van der Waals surface area (Å²) in [6, 6.07) is 1.39. The van der Waals surface area contributed by atoms with Crippen LogP contribution in [-0.2, 0) is 0 Å². The van der Waals surface area contributed by atoms with E-state index in [1.54, 1.807) is 41.5 Å². The summed E-state index contributed by atoms with van der Waals surface area (Å²) in [5.74, 6) is 0. The van der Waals surface area contributed by atoms with Crippen molar-refractivity contribution in [3.8, 4) is 0 Å². The van der Waals surface area contributed by atoms with E-state index in [0.29, 0.717) is 17.1 Å². The molecule has 0 atom stereocenters. The van der Waals surface area contributed by atoms with E-state index < -0.39 is 0 Å². The van der Waals surface area contributed by atoms with Crippen LogP contribution in [0, 0.1) is 0 Å². The van der Waals surface area contributed by atoms with Gasteiger partial charge in [0, 0.05) is 10.2 Å². The Morgan fingerprint density at radius 3 is 0.778 bits per heavy atom. The van der Waals surface area contributed by atoms with Crippen molar-refractivity contribution >= 4 is 27.4 Å². The highest BCUT2D eigenvalue weighted by atomic mass is 28.1. The average Bonchev–Trinajstić information content (AvgIpc) is 2.31. The van der Waals surface area contributed by atoms with E-state index >= 15 is 0 Å². The van der Waals surface area contributed by atoms with Gasteiger partial charge in [0.15, 0.2) is 0 Å². The van der Waals surface area contributed by atoms with E-state index in [4.69, 9.17) is 15.6 Å². The highest BCUT2D eigenvalue weighted by Gasteiger charge is 1.66. The molecule has 0 spiro atoms. The molecule has 0 saturated carbocycles. The summed E-state index contributed by atoms with van der Waals surface area (Å²) < 4.78 is 0. The summed E-state index contributed by atoms with van der Waals surface area (Å²) >= 11 is 0. The monoisotopic (exact) mass is 279 g/mol. The standard InChI is InChI=1S/3C3H7NO.C2H8Si/c3*1-3(2)4-5;1-2-3/h3*5H,1-2H3;2H2,1,3H3. The SMILES string of the molecule is CC(C)=NO.CC(C)=NO.CC(C)=NO.CC[SiH3]. The molecule has 110 valence electrons. The second-order valence-corrected chi connectivity index (χ2v) is 5.26. The predicted octanol–water partition coefficient (Wildman–Crippen LogP) is 2.36. The first-order chi connectivity index (χ1) is 8.22. The van der Waals surface area contributed by atoms with Crippen molar-refractivity contribution in [2.75, 3.05) is 0 Å². The molecular formula is C11H29N3O3Si. The lowest BCUT2D eigenvalue weighted by Crippen LogP contribution is -1.74. The highest BCUT2D eigenvalue weighted by molar-refractivity contribution is 6.08. The Bertz CT molecular complexity index is 192. The maximum Gasteiger partial charge on any atom is 0.0509 e. The normalized spacial score (nSPS) is 6.83. The molecule has 7 heteroatoms. The first kappa shape index (κ1) is 25.5. The number of hydrogen-bond acceptors (Lipinski definition) is 6. The summed E-state index contributed by atoms with van der Waals surface area (Å²) in [6.07, 6.45) is 0. The van der Waals surface area contributed by atoms with Gasteiger partial charge in [-0.1, -0.05) is 28.4 Å². The molecule has 0 aromatic rings. The number of oxime groups is 3. The van der Waals surface area contributed by atoms with E-state index in [0.717, 1.165) is 0 Å². The molecule has 0 radical (unpaired) electrons. The van der Waals surface area contributed by atoms with Gasteiger partial charge in [0.05, 0.1) is 17.1 Å². The summed E-state index contributed by atoms with van der Waals surface area (Å²) in [5, 5.41) is 31.6. The third-order valence-electron chi connectivity index (χ3n) is 0.600. The van der Waals surface area contributed by atoms with E-state index in [1.165, 1.54) is 16.3 Å². The first-order valence-corrected chi connectivity index (χ1v) is 7.10. The second kappa shape index (κ2) is 24.7. The molecule has 0 aliphatic heterocycles. The zero-order valence-electron chi connectivity index (χ0n) is 12.9. The van der Waals surface area contributed by atoms with Crippen molar-refractivity contribution in [2.24, 2.45) is 15.5 Å². The zero-order chi connectivity index (χ0) is 15.6. The molecular weight excluding hydrogens is 250 g/mol. The molecule has 0 aliphatic rings. The van der Waals surface area contributed by atoms with Gasteiger partial charge >= 0.3 is 0 Å². The summed E-state index contributed by atoms with van der Waals surface area (Å²) in [6.45, 7) is 12.5. The van der Waals surface area contributed by atoms with Gasteiger partial charge in [0.1, 0.15) is 0 Å². The fourth-order valence-corrected chi connectivity index (χ4v) is 0. The summed E-state index contributed by atoms with van der Waals surface area (Å²) in [7, 11) is 1.37. The molecule has 0 saturated heterocycles. The van der Waals surface area contributed by atoms with Crippen LogP contribution in [0.1, 0.15) is 48.5 Å². The molecule has 0 rings (SSSR count). The highest BCUT2D eigenvalue weighted by Crippen LogP contribution is 1.63. The van der Waals surface area contributed by atoms with Crippen molar-refractivity contribution in [3.05, 3.63) is 0 Å². The van der Waals surface area contributed by atoms with E-state index in [2.05, 4.69) is 22.4 Å². The van der Waals surface area contributed by atoms with Crippen LogP contribution in [0.25, 0.3) is 0 Å². The fourth-order valence-electron chi connectivity index (χ4n) is 0. The number of hydrogen-bond donors (Lipinski definition) is 3. The maximum absolute atomic E-state index is 7.73. The topological polar surface area (TPSA) is 97.8 Å². The molecule has 6 nitrogen and oxygen atoms in total. The molecule has 0 heterocycles. The molecule has 0 aromatic carbocycles. The van der Waals surface area contributed by atoms with Gasteiger partial charge in [-0.3, -0.25) is 0 Å². The van der Waals surface area contributed by atoms with Crippen LogP contribution >= 0.6 is 0 Å². The minimum Gasteiger partial charge on any atom is -0.411 e. The Morgan fingerprint density at radius 1 is 0.722 bits per heavy atom. The van der Waals surface area contributed by atoms with Gasteiger partial charge in [-0.2, -0.15) is 0 Å². The van der Waals surface area contributed by atoms with Crippen LogP contribution in [0.2, 0.25) is 6.04 Å². The minimum atomic E-state index is 0.685. The Hall–Kier alpha value is -1.37. The summed E-state index contributed by atoms with van der Waals surface area (Å²) in [5.41, 5.74) is 2.06. The maximum atomic E-state index is 7.73. The van der Waals surface area contributed by atoms with Gasteiger partial charge in [-0.25, -0.2) is 0 Å². The van der Waals surface area contributed by atoms with Gasteiger partial charge < -0.3 is 15.6 Å². The molecule has 18 heavy (non-hydrogen) atoms. The second-order valence-electron chi connectivity index (χ2n) is 3.85. The molecule has 0 fully saturated rings. The van der Waals surface area contributed by atoms with Crippen LogP contribution in [0.5, 0.6) is 0 Å². The number of nitrogens with zero attached hydrogens (tertiary/aromatic N) is 3. The molecule has 0 unspecified atom stereocenters. The van der Waals surface area contributed by atoms with Crippen molar-refractivity contribution in [1.82, 2.24) is 0 Å². The van der Waals surface area contributed by atoms with Gasteiger partial charge in [-0.05, 0) is 41.5 Å². The Kier molecular flexibility index (Phi) is 35.0. The molecule has 0 aliphatic carbocycles. The van der Waals surface area contributed by atoms with E-state index in [9.17, 15) is 0 Å². The van der Waals surface area contributed by atoms with Crippen LogP contribution in [0.4, 0.5) is 0 Å². The third-order valence-corrected chi connectivity index (χ3v) is 0.600. The lowest BCUT2D eigenvalue weighted by molar-refractivity contribution is 0.318. The molecule has 3 N–H and O–H groups in total. The van der Waals surface area contributed by atoms with Crippen LogP contribution in [-0.4, -0.2) is 43.0 Å². The Balaban J connectivity index is -0.0000000739. The largest absolute Gasteiger partial charge is 0.411 e. The zero-order valence-corrected chi connectivity index (χ0v) is 14.9. The molecule has 0 aromatic heterocycles. The van der Waals surface area contributed by atoms with Crippen molar-refractivity contribution in [2.45, 2.75) is 54.5 Å². The smallest absolute Gasteiger partial charge is 0.0509 e. The van der Waals surface area contributed by atoms with E-state index in [1.807, 2.05) is 0 Å². The average molecular weight is 279 g/mol. The summed E-state index contributed by atoms with van der Waals surface area (Å²) in [4.78, 5) is 0. The predicted molar refractivity (Wildman–Crippen MR) is 82.1 cm³/mol. The first-order valence-electron chi connectivity index (χ1n) is 5.69. The van der Waals surface area contributed by atoms with Crippen LogP contribution in [0.3, 0.4) is 0 Å². The molecule has 0 bridgehead atoms. The Morgan fingerprint density at radius 2 is 0.778 bits per heavy atom. The molecule has 0 amide bonds. The van der Waals surface area contributed by atoms with E-state index in [-0.39, 0.29) is 0 Å². The Labute approximate surface area is 114 Å². The fraction of sp³-hybridized carbons (Fsp3) is 0.727. The van der Waals surface area contributed by atoms with Crippen molar-refractivity contribution in [3.63, 3.8) is 0 Å². The van der Waals surface area contributed by atoms with Gasteiger partial charge in [-0.15, -0.1) is 0 Å². The van der Waals surface area contributed by atoms with Crippen molar-refractivity contribution < 1.29 is 15.6 Å². The quantitative estimate of drug-likeness (QED) is 0.275. The number of rotatable bonds is 0. The van der Waals surface area contributed by atoms with Crippen LogP contribution < -0.4 is 0 Å². The third kappa shape index (κ3) is 127.